The summed E-state index contributed by atoms with van der Waals surface area (Å²) in [5, 5.41) is 14.4. The molecule has 2 aliphatic rings. The zero-order valence-electron chi connectivity index (χ0n) is 16.4. The summed E-state index contributed by atoms with van der Waals surface area (Å²) in [5.41, 5.74) is 0.850. The summed E-state index contributed by atoms with van der Waals surface area (Å²) in [5.74, 6) is 0.345. The molecule has 8 nitrogen and oxygen atoms in total. The Bertz CT molecular complexity index is 752. The fraction of sp³-hybridized carbons (Fsp3) is 0.600. The quantitative estimate of drug-likeness (QED) is 0.440. The Balaban J connectivity index is 1.60. The number of nitro groups is 1. The van der Waals surface area contributed by atoms with Crippen LogP contribution in [-0.2, 0) is 4.79 Å². The maximum atomic E-state index is 12.4. The first-order valence-corrected chi connectivity index (χ1v) is 10.0. The summed E-state index contributed by atoms with van der Waals surface area (Å²) in [7, 11) is 0. The lowest BCUT2D eigenvalue weighted by Crippen LogP contribution is -2.34. The van der Waals surface area contributed by atoms with Crippen LogP contribution in [-0.4, -0.2) is 54.4 Å². The van der Waals surface area contributed by atoms with E-state index in [4.69, 9.17) is 0 Å². The van der Waals surface area contributed by atoms with Gasteiger partial charge in [-0.3, -0.25) is 19.7 Å². The van der Waals surface area contributed by atoms with Gasteiger partial charge in [0.1, 0.15) is 5.69 Å². The fourth-order valence-corrected chi connectivity index (χ4v) is 4.00. The third kappa shape index (κ3) is 4.79. The number of nitrogens with one attached hydrogen (secondary N) is 1. The second-order valence-corrected chi connectivity index (χ2v) is 7.75. The molecule has 0 spiro atoms. The van der Waals surface area contributed by atoms with Gasteiger partial charge in [-0.2, -0.15) is 0 Å². The van der Waals surface area contributed by atoms with E-state index in [9.17, 15) is 19.7 Å². The minimum atomic E-state index is -0.412. The fourth-order valence-electron chi connectivity index (χ4n) is 4.00. The van der Waals surface area contributed by atoms with E-state index >= 15 is 0 Å². The number of piperidine rings is 1. The van der Waals surface area contributed by atoms with Gasteiger partial charge >= 0.3 is 0 Å². The molecule has 0 bridgehead atoms. The van der Waals surface area contributed by atoms with Crippen molar-refractivity contribution in [2.24, 2.45) is 5.92 Å². The summed E-state index contributed by atoms with van der Waals surface area (Å²) < 4.78 is 0. The highest BCUT2D eigenvalue weighted by molar-refractivity contribution is 5.95. The Labute approximate surface area is 165 Å². The first kappa shape index (κ1) is 20.1. The van der Waals surface area contributed by atoms with Crippen molar-refractivity contribution in [3.63, 3.8) is 0 Å². The zero-order chi connectivity index (χ0) is 20.1. The molecule has 0 saturated carbocycles. The summed E-state index contributed by atoms with van der Waals surface area (Å²) in [6.07, 6.45) is 4.33. The minimum Gasteiger partial charge on any atom is -0.366 e. The molecule has 0 aliphatic carbocycles. The minimum absolute atomic E-state index is 0.0237. The molecule has 2 heterocycles. The van der Waals surface area contributed by atoms with Crippen LogP contribution >= 0.6 is 0 Å². The van der Waals surface area contributed by atoms with Crippen LogP contribution in [0.25, 0.3) is 0 Å². The van der Waals surface area contributed by atoms with Crippen molar-refractivity contribution in [2.75, 3.05) is 37.6 Å². The first-order chi connectivity index (χ1) is 13.5. The number of rotatable bonds is 7. The molecule has 1 atom stereocenters. The van der Waals surface area contributed by atoms with Crippen molar-refractivity contribution in [1.29, 1.82) is 0 Å². The van der Waals surface area contributed by atoms with Gasteiger partial charge in [0.25, 0.3) is 11.6 Å². The predicted octanol–water partition coefficient (Wildman–Crippen LogP) is 2.57. The Morgan fingerprint density at radius 1 is 1.32 bits per heavy atom. The van der Waals surface area contributed by atoms with E-state index in [1.165, 1.54) is 6.07 Å². The van der Waals surface area contributed by atoms with Gasteiger partial charge in [0, 0.05) is 50.8 Å². The Morgan fingerprint density at radius 3 is 2.82 bits per heavy atom. The molecule has 2 amide bonds. The maximum absolute atomic E-state index is 12.4. The number of carbonyl (C=O) groups is 2. The molecule has 3 rings (SSSR count). The molecule has 28 heavy (non-hydrogen) atoms. The van der Waals surface area contributed by atoms with Crippen LogP contribution in [0.4, 0.5) is 11.4 Å². The Kier molecular flexibility index (Phi) is 6.49. The monoisotopic (exact) mass is 388 g/mol. The number of hydrogen-bond donors (Lipinski definition) is 1. The van der Waals surface area contributed by atoms with Gasteiger partial charge in [0.2, 0.25) is 5.91 Å². The molecule has 1 aromatic rings. The van der Waals surface area contributed by atoms with E-state index in [0.29, 0.717) is 37.5 Å². The summed E-state index contributed by atoms with van der Waals surface area (Å²) in [4.78, 5) is 39.0. The third-order valence-electron chi connectivity index (χ3n) is 5.49. The number of anilines is 1. The van der Waals surface area contributed by atoms with Crippen molar-refractivity contribution in [1.82, 2.24) is 10.2 Å². The van der Waals surface area contributed by atoms with Crippen LogP contribution in [0.5, 0.6) is 0 Å². The van der Waals surface area contributed by atoms with Gasteiger partial charge in [-0.05, 0) is 43.7 Å². The van der Waals surface area contributed by atoms with Gasteiger partial charge in [0.15, 0.2) is 0 Å². The number of likely N-dealkylation sites (tertiary alicyclic amines) is 1. The number of amides is 2. The summed E-state index contributed by atoms with van der Waals surface area (Å²) in [6, 6.07) is 4.71. The topological polar surface area (TPSA) is 95.8 Å². The molecule has 2 aliphatic heterocycles. The van der Waals surface area contributed by atoms with Gasteiger partial charge in [0.05, 0.1) is 4.92 Å². The molecule has 8 heteroatoms. The lowest BCUT2D eigenvalue weighted by Gasteiger charge is -2.32. The average Bonchev–Trinajstić information content (AvgIpc) is 3.09. The van der Waals surface area contributed by atoms with Gasteiger partial charge in [-0.25, -0.2) is 0 Å². The van der Waals surface area contributed by atoms with E-state index in [0.717, 1.165) is 38.9 Å². The number of nitro benzene ring substituents is 1. The molecular formula is C20H28N4O4. The summed E-state index contributed by atoms with van der Waals surface area (Å²) >= 11 is 0. The molecule has 152 valence electrons. The highest BCUT2D eigenvalue weighted by atomic mass is 16.6. The van der Waals surface area contributed by atoms with Crippen LogP contribution in [0.15, 0.2) is 18.2 Å². The number of benzene rings is 1. The van der Waals surface area contributed by atoms with Crippen molar-refractivity contribution in [3.8, 4) is 0 Å². The standard InChI is InChI=1S/C20H28N4O4/c1-15-5-2-11-23(14-15)17-8-7-16(13-18(17)24(27)28)20(26)21-9-4-12-22-10-3-6-19(22)25/h7-8,13,15H,2-6,9-12,14H2,1H3,(H,21,26). The highest BCUT2D eigenvalue weighted by Gasteiger charge is 2.25. The van der Waals surface area contributed by atoms with Crippen LogP contribution in [0.3, 0.4) is 0 Å². The first-order valence-electron chi connectivity index (χ1n) is 10.0. The third-order valence-corrected chi connectivity index (χ3v) is 5.49. The number of nitrogens with zero attached hydrogens (tertiary/aromatic N) is 3. The second-order valence-electron chi connectivity index (χ2n) is 7.75. The molecular weight excluding hydrogens is 360 g/mol. The summed E-state index contributed by atoms with van der Waals surface area (Å²) in [6.45, 7) is 5.59. The van der Waals surface area contributed by atoms with E-state index in [2.05, 4.69) is 12.2 Å². The van der Waals surface area contributed by atoms with Crippen LogP contribution in [0, 0.1) is 16.0 Å². The predicted molar refractivity (Wildman–Crippen MR) is 106 cm³/mol. The average molecular weight is 388 g/mol. The largest absolute Gasteiger partial charge is 0.366 e. The van der Waals surface area contributed by atoms with E-state index in [1.54, 1.807) is 12.1 Å². The van der Waals surface area contributed by atoms with E-state index < -0.39 is 4.92 Å². The second kappa shape index (κ2) is 9.03. The van der Waals surface area contributed by atoms with Crippen molar-refractivity contribution in [3.05, 3.63) is 33.9 Å². The van der Waals surface area contributed by atoms with Gasteiger partial charge < -0.3 is 15.1 Å². The number of hydrogen-bond acceptors (Lipinski definition) is 5. The van der Waals surface area contributed by atoms with Crippen LogP contribution in [0.1, 0.15) is 49.4 Å². The van der Waals surface area contributed by atoms with Crippen LogP contribution in [0.2, 0.25) is 0 Å². The smallest absolute Gasteiger partial charge is 0.293 e. The molecule has 0 aromatic heterocycles. The Hall–Kier alpha value is -2.64. The van der Waals surface area contributed by atoms with Crippen molar-refractivity contribution < 1.29 is 14.5 Å². The Morgan fingerprint density at radius 2 is 2.14 bits per heavy atom. The molecule has 1 N–H and O–H groups in total. The lowest BCUT2D eigenvalue weighted by molar-refractivity contribution is -0.384. The van der Waals surface area contributed by atoms with Gasteiger partial charge in [-0.1, -0.05) is 6.92 Å². The molecule has 0 radical (unpaired) electrons. The van der Waals surface area contributed by atoms with Gasteiger partial charge in [-0.15, -0.1) is 0 Å². The highest BCUT2D eigenvalue weighted by Crippen LogP contribution is 2.32. The maximum Gasteiger partial charge on any atom is 0.293 e. The van der Waals surface area contributed by atoms with Crippen molar-refractivity contribution in [2.45, 2.75) is 39.0 Å². The SMILES string of the molecule is CC1CCCN(c2ccc(C(=O)NCCCN3CCCC3=O)cc2[N+](=O)[O-])C1. The zero-order valence-corrected chi connectivity index (χ0v) is 16.4. The van der Waals surface area contributed by atoms with E-state index in [-0.39, 0.29) is 23.1 Å². The molecule has 2 fully saturated rings. The number of carbonyl (C=O) groups excluding carboxylic acids is 2. The molecule has 1 aromatic carbocycles. The normalized spacial score (nSPS) is 19.8. The molecule has 2 saturated heterocycles. The van der Waals surface area contributed by atoms with Crippen molar-refractivity contribution >= 4 is 23.2 Å². The lowest BCUT2D eigenvalue weighted by atomic mass is 9.99. The molecule has 1 unspecified atom stereocenters. The van der Waals surface area contributed by atoms with E-state index in [1.807, 2.05) is 9.80 Å². The van der Waals surface area contributed by atoms with Crippen LogP contribution < -0.4 is 10.2 Å².